The molecule has 0 unspecified atom stereocenters. The molecule has 0 bridgehead atoms. The van der Waals surface area contributed by atoms with Crippen molar-refractivity contribution < 1.29 is 17.9 Å². The number of hydrogen-bond acceptors (Lipinski definition) is 6. The molecular formula is C21H27F3N4OS. The number of hydrogen-bond donors (Lipinski definition) is 0. The summed E-state index contributed by atoms with van der Waals surface area (Å²) >= 11 is 1.13. The average Bonchev–Trinajstić information content (AvgIpc) is 3.30. The summed E-state index contributed by atoms with van der Waals surface area (Å²) in [7, 11) is 0. The summed E-state index contributed by atoms with van der Waals surface area (Å²) in [6.07, 6.45) is -0.112. The molecule has 5 heterocycles. The summed E-state index contributed by atoms with van der Waals surface area (Å²) < 4.78 is 44.0. The van der Waals surface area contributed by atoms with E-state index < -0.39 is 12.6 Å². The van der Waals surface area contributed by atoms with Crippen LogP contribution < -0.4 is 4.90 Å². The Hall–Kier alpha value is -1.45. The van der Waals surface area contributed by atoms with E-state index in [0.29, 0.717) is 21.5 Å². The lowest BCUT2D eigenvalue weighted by Gasteiger charge is -2.37. The molecule has 9 heteroatoms. The molecule has 5 rings (SSSR count). The number of aromatic nitrogens is 2. The highest BCUT2D eigenvalue weighted by Crippen LogP contribution is 2.38. The van der Waals surface area contributed by atoms with Crippen LogP contribution in [0.1, 0.15) is 24.1 Å². The number of piperidine rings is 1. The molecule has 164 valence electrons. The predicted octanol–water partition coefficient (Wildman–Crippen LogP) is 3.98. The van der Waals surface area contributed by atoms with Crippen LogP contribution in [0.2, 0.25) is 0 Å². The number of likely N-dealkylation sites (tertiary alicyclic amines) is 1. The topological polar surface area (TPSA) is 41.5 Å². The van der Waals surface area contributed by atoms with E-state index in [9.17, 15) is 13.2 Å². The minimum absolute atomic E-state index is 0.304. The van der Waals surface area contributed by atoms with Gasteiger partial charge in [-0.2, -0.15) is 13.2 Å². The molecule has 2 atom stereocenters. The third kappa shape index (κ3) is 4.43. The first-order valence-corrected chi connectivity index (χ1v) is 11.6. The van der Waals surface area contributed by atoms with Gasteiger partial charge in [0.25, 0.3) is 0 Å². The molecule has 2 aromatic rings. The Morgan fingerprint density at radius 3 is 2.67 bits per heavy atom. The smallest absolute Gasteiger partial charge is 0.381 e. The van der Waals surface area contributed by atoms with Crippen molar-refractivity contribution in [2.75, 3.05) is 50.8 Å². The van der Waals surface area contributed by atoms with Gasteiger partial charge in [-0.05, 0) is 49.6 Å². The van der Waals surface area contributed by atoms with Crippen LogP contribution in [0.4, 0.5) is 19.0 Å². The van der Waals surface area contributed by atoms with Gasteiger partial charge in [0.2, 0.25) is 0 Å². The zero-order chi connectivity index (χ0) is 20.7. The van der Waals surface area contributed by atoms with Crippen LogP contribution >= 0.6 is 11.3 Å². The molecule has 5 nitrogen and oxygen atoms in total. The maximum atomic E-state index is 12.8. The highest BCUT2D eigenvalue weighted by atomic mass is 32.1. The number of anilines is 1. The number of rotatable bonds is 4. The minimum Gasteiger partial charge on any atom is -0.381 e. The largest absolute Gasteiger partial charge is 0.393 e. The zero-order valence-corrected chi connectivity index (χ0v) is 17.7. The van der Waals surface area contributed by atoms with Gasteiger partial charge in [0.1, 0.15) is 17.0 Å². The van der Waals surface area contributed by atoms with Crippen molar-refractivity contribution in [2.24, 2.45) is 17.8 Å². The number of alkyl halides is 3. The van der Waals surface area contributed by atoms with Crippen molar-refractivity contribution in [2.45, 2.75) is 31.9 Å². The molecule has 3 aliphatic heterocycles. The van der Waals surface area contributed by atoms with E-state index in [-0.39, 0.29) is 0 Å². The number of fused-ring (bicyclic) bond motifs is 2. The molecule has 3 fully saturated rings. The molecule has 0 aromatic carbocycles. The molecule has 3 saturated heterocycles. The summed E-state index contributed by atoms with van der Waals surface area (Å²) in [6.45, 7) is 7.04. The quantitative estimate of drug-likeness (QED) is 0.720. The minimum atomic E-state index is -4.20. The highest BCUT2D eigenvalue weighted by Gasteiger charge is 2.38. The molecule has 3 aliphatic rings. The van der Waals surface area contributed by atoms with Crippen LogP contribution in [0, 0.1) is 17.8 Å². The second-order valence-electron chi connectivity index (χ2n) is 8.95. The second-order valence-corrected chi connectivity index (χ2v) is 10.1. The Morgan fingerprint density at radius 2 is 1.87 bits per heavy atom. The summed E-state index contributed by atoms with van der Waals surface area (Å²) in [5.41, 5.74) is 0. The summed E-state index contributed by atoms with van der Waals surface area (Å²) in [5.74, 6) is 2.77. The van der Waals surface area contributed by atoms with Crippen molar-refractivity contribution >= 4 is 27.4 Å². The number of nitrogens with zero attached hydrogens (tertiary/aromatic N) is 4. The molecule has 0 spiro atoms. The van der Waals surface area contributed by atoms with Gasteiger partial charge in [-0.3, -0.25) is 0 Å². The van der Waals surface area contributed by atoms with Crippen molar-refractivity contribution in [3.63, 3.8) is 0 Å². The Balaban J connectivity index is 1.28. The molecule has 0 aliphatic carbocycles. The van der Waals surface area contributed by atoms with Gasteiger partial charge in [-0.1, -0.05) is 0 Å². The average molecular weight is 441 g/mol. The molecule has 0 radical (unpaired) electrons. The van der Waals surface area contributed by atoms with Crippen LogP contribution in [0.15, 0.2) is 12.4 Å². The van der Waals surface area contributed by atoms with Crippen LogP contribution in [0.5, 0.6) is 0 Å². The Bertz CT molecular complexity index is 883. The van der Waals surface area contributed by atoms with Gasteiger partial charge in [-0.15, -0.1) is 11.3 Å². The van der Waals surface area contributed by atoms with Gasteiger partial charge < -0.3 is 14.5 Å². The van der Waals surface area contributed by atoms with Crippen LogP contribution in [0.3, 0.4) is 0 Å². The number of ether oxygens (including phenoxy) is 1. The van der Waals surface area contributed by atoms with E-state index in [1.165, 1.54) is 12.7 Å². The summed E-state index contributed by atoms with van der Waals surface area (Å²) in [6, 6.07) is 1.64. The molecule has 0 amide bonds. The van der Waals surface area contributed by atoms with Crippen LogP contribution in [-0.4, -0.2) is 67.0 Å². The van der Waals surface area contributed by atoms with Gasteiger partial charge in [-0.25, -0.2) is 9.97 Å². The molecule has 30 heavy (non-hydrogen) atoms. The molecule has 0 saturated carbocycles. The lowest BCUT2D eigenvalue weighted by atomic mass is 9.87. The van der Waals surface area contributed by atoms with Gasteiger partial charge in [0.15, 0.2) is 0 Å². The number of halogens is 3. The first-order chi connectivity index (χ1) is 14.4. The third-order valence-corrected chi connectivity index (χ3v) is 7.82. The van der Waals surface area contributed by atoms with Gasteiger partial charge in [0.05, 0.1) is 11.8 Å². The van der Waals surface area contributed by atoms with Crippen molar-refractivity contribution in [3.05, 3.63) is 17.3 Å². The Morgan fingerprint density at radius 1 is 1.07 bits per heavy atom. The molecular weight excluding hydrogens is 413 g/mol. The lowest BCUT2D eigenvalue weighted by Crippen LogP contribution is -2.43. The maximum absolute atomic E-state index is 12.8. The SMILES string of the molecule is FC(F)(F)Cc1cc2c(N3C[C@H]4CCN(CC5CCOCC5)C[C@H]4C3)ncnc2s1. The van der Waals surface area contributed by atoms with E-state index in [1.54, 1.807) is 6.07 Å². The molecule has 0 N–H and O–H groups in total. The number of thiophene rings is 1. The lowest BCUT2D eigenvalue weighted by molar-refractivity contribution is -0.126. The van der Waals surface area contributed by atoms with Crippen molar-refractivity contribution in [3.8, 4) is 0 Å². The summed E-state index contributed by atoms with van der Waals surface area (Å²) in [5, 5.41) is 0.763. The van der Waals surface area contributed by atoms with E-state index in [0.717, 1.165) is 87.2 Å². The molecule has 2 aromatic heterocycles. The first-order valence-electron chi connectivity index (χ1n) is 10.8. The predicted molar refractivity (Wildman–Crippen MR) is 111 cm³/mol. The van der Waals surface area contributed by atoms with E-state index in [4.69, 9.17) is 4.74 Å². The standard InChI is InChI=1S/C21H27F3N4OS/c22-21(23,24)8-17-7-18-19(25-13-26-20(18)30-17)28-11-15-1-4-27(10-16(15)12-28)9-14-2-5-29-6-3-14/h7,13-16H,1-6,8-12H2/t15-,16+/m1/s1. The fraction of sp³-hybridized carbons (Fsp3) is 0.714. The van der Waals surface area contributed by atoms with E-state index in [2.05, 4.69) is 19.8 Å². The maximum Gasteiger partial charge on any atom is 0.393 e. The van der Waals surface area contributed by atoms with E-state index >= 15 is 0 Å². The third-order valence-electron chi connectivity index (χ3n) is 6.78. The zero-order valence-electron chi connectivity index (χ0n) is 16.9. The van der Waals surface area contributed by atoms with E-state index in [1.807, 2.05) is 0 Å². The highest BCUT2D eigenvalue weighted by molar-refractivity contribution is 7.18. The van der Waals surface area contributed by atoms with Gasteiger partial charge in [0, 0.05) is 44.3 Å². The monoisotopic (exact) mass is 440 g/mol. The summed E-state index contributed by atoms with van der Waals surface area (Å²) in [4.78, 5) is 14.6. The fourth-order valence-corrected chi connectivity index (χ4v) is 6.33. The van der Waals surface area contributed by atoms with Gasteiger partial charge >= 0.3 is 6.18 Å². The Kier molecular flexibility index (Phi) is 5.62. The van der Waals surface area contributed by atoms with Crippen molar-refractivity contribution in [1.82, 2.24) is 14.9 Å². The fourth-order valence-electron chi connectivity index (χ4n) is 5.31. The van der Waals surface area contributed by atoms with Crippen LogP contribution in [0.25, 0.3) is 10.2 Å². The normalized spacial score (nSPS) is 26.4. The second kappa shape index (κ2) is 8.24. The van der Waals surface area contributed by atoms with Crippen LogP contribution in [-0.2, 0) is 11.2 Å². The van der Waals surface area contributed by atoms with Crippen molar-refractivity contribution in [1.29, 1.82) is 0 Å². The first kappa shape index (κ1) is 20.5. The Labute approximate surface area is 178 Å².